The number of carbonyl (C=O) groups is 2. The number of aromatic hydroxyl groups is 1. The van der Waals surface area contributed by atoms with Crippen LogP contribution >= 0.6 is 23.4 Å². The van der Waals surface area contributed by atoms with Crippen molar-refractivity contribution in [1.82, 2.24) is 4.72 Å². The molecule has 10 heteroatoms. The quantitative estimate of drug-likeness (QED) is 0.356. The molecule has 0 radical (unpaired) electrons. The third-order valence-corrected chi connectivity index (χ3v) is 7.88. The first-order valence-electron chi connectivity index (χ1n) is 11.0. The maximum absolute atomic E-state index is 12.8. The van der Waals surface area contributed by atoms with Crippen LogP contribution in [0.1, 0.15) is 70.0 Å². The monoisotopic (exact) mass is 541 g/mol. The summed E-state index contributed by atoms with van der Waals surface area (Å²) in [5.74, 6) is -1.42. The summed E-state index contributed by atoms with van der Waals surface area (Å²) in [7, 11) is -4.33. The molecule has 0 heterocycles. The highest BCUT2D eigenvalue weighted by atomic mass is 35.5. The molecule has 2 aromatic rings. The molecule has 2 rings (SSSR count). The van der Waals surface area contributed by atoms with Gasteiger partial charge < -0.3 is 9.84 Å². The lowest BCUT2D eigenvalue weighted by molar-refractivity contribution is -0.116. The van der Waals surface area contributed by atoms with Crippen LogP contribution in [0.2, 0.25) is 5.02 Å². The lowest BCUT2D eigenvalue weighted by atomic mass is 9.79. The summed E-state index contributed by atoms with van der Waals surface area (Å²) in [6.07, 6.45) is 0. The minimum absolute atomic E-state index is 0.00645. The van der Waals surface area contributed by atoms with E-state index in [1.54, 1.807) is 6.92 Å². The third kappa shape index (κ3) is 7.38. The van der Waals surface area contributed by atoms with Crippen LogP contribution in [0.3, 0.4) is 0 Å². The van der Waals surface area contributed by atoms with Crippen LogP contribution in [0.5, 0.6) is 5.75 Å². The van der Waals surface area contributed by atoms with Gasteiger partial charge in [0.2, 0.25) is 5.91 Å². The maximum atomic E-state index is 12.8. The van der Waals surface area contributed by atoms with Crippen molar-refractivity contribution in [1.29, 1.82) is 0 Å². The lowest BCUT2D eigenvalue weighted by Crippen LogP contribution is -2.32. The van der Waals surface area contributed by atoms with Gasteiger partial charge in [-0.05, 0) is 48.1 Å². The number of ether oxygens (including phenoxy) is 1. The molecular formula is C25H32ClNO6S2. The predicted octanol–water partition coefficient (Wildman–Crippen LogP) is 5.41. The molecule has 0 aliphatic heterocycles. The Labute approximate surface area is 216 Å². The number of benzene rings is 2. The lowest BCUT2D eigenvalue weighted by Gasteiger charge is -2.28. The minimum Gasteiger partial charge on any atom is -0.507 e. The molecule has 0 fully saturated rings. The van der Waals surface area contributed by atoms with Crippen molar-refractivity contribution in [3.05, 3.63) is 52.0 Å². The molecule has 35 heavy (non-hydrogen) atoms. The highest BCUT2D eigenvalue weighted by molar-refractivity contribution is 8.00. The Bertz CT molecular complexity index is 1190. The Balaban J connectivity index is 2.27. The molecule has 2 aromatic carbocycles. The zero-order chi connectivity index (χ0) is 26.8. The van der Waals surface area contributed by atoms with Crippen LogP contribution < -0.4 is 4.72 Å². The van der Waals surface area contributed by atoms with Gasteiger partial charge in [-0.3, -0.25) is 4.79 Å². The van der Waals surface area contributed by atoms with E-state index in [0.717, 1.165) is 33.9 Å². The first-order chi connectivity index (χ1) is 16.0. The Kier molecular flexibility index (Phi) is 8.95. The first-order valence-corrected chi connectivity index (χ1v) is 13.8. The second-order valence-electron chi connectivity index (χ2n) is 10.1. The molecule has 0 atom stereocenters. The maximum Gasteiger partial charge on any atom is 0.338 e. The summed E-state index contributed by atoms with van der Waals surface area (Å²) in [4.78, 5) is 24.9. The van der Waals surface area contributed by atoms with Gasteiger partial charge in [0.25, 0.3) is 10.0 Å². The van der Waals surface area contributed by atoms with Crippen LogP contribution in [-0.4, -0.2) is 37.8 Å². The zero-order valence-electron chi connectivity index (χ0n) is 21.0. The van der Waals surface area contributed by atoms with E-state index < -0.39 is 26.8 Å². The highest BCUT2D eigenvalue weighted by Crippen LogP contribution is 2.41. The van der Waals surface area contributed by atoms with Crippen molar-refractivity contribution in [2.24, 2.45) is 0 Å². The molecule has 192 valence electrons. The molecule has 0 saturated heterocycles. The van der Waals surface area contributed by atoms with E-state index in [-0.39, 0.29) is 39.5 Å². The van der Waals surface area contributed by atoms with E-state index in [9.17, 15) is 23.1 Å². The number of phenolic OH excluding ortho intramolecular Hbond substituents is 1. The fraction of sp³-hybridized carbons (Fsp3) is 0.440. The number of phenols is 1. The average Bonchev–Trinajstić information content (AvgIpc) is 2.71. The molecular weight excluding hydrogens is 510 g/mol. The van der Waals surface area contributed by atoms with Crippen LogP contribution in [0.25, 0.3) is 0 Å². The number of esters is 1. The smallest absolute Gasteiger partial charge is 0.338 e. The summed E-state index contributed by atoms with van der Waals surface area (Å²) >= 11 is 7.20. The fourth-order valence-corrected chi connectivity index (χ4v) is 5.64. The number of rotatable bonds is 7. The number of halogens is 1. The van der Waals surface area contributed by atoms with Gasteiger partial charge in [-0.25, -0.2) is 17.9 Å². The highest BCUT2D eigenvalue weighted by Gasteiger charge is 2.27. The normalized spacial score (nSPS) is 12.3. The Morgan fingerprint density at radius 3 is 2.06 bits per heavy atom. The Hall–Kier alpha value is -2.23. The van der Waals surface area contributed by atoms with Crippen molar-refractivity contribution < 1.29 is 27.9 Å². The molecule has 0 spiro atoms. The van der Waals surface area contributed by atoms with Gasteiger partial charge in [-0.2, -0.15) is 0 Å². The standard InChI is InChI=1S/C25H32ClNO6S2/c1-8-33-23(30)15-9-10-19(26)20(11-15)35(31,32)27-21(28)14-34-16-12-17(24(2,3)4)22(29)18(13-16)25(5,6)7/h9-13,29H,8,14H2,1-7H3,(H,27,28). The van der Waals surface area contributed by atoms with E-state index >= 15 is 0 Å². The average molecular weight is 542 g/mol. The molecule has 2 N–H and O–H groups in total. The molecule has 0 bridgehead atoms. The molecule has 0 aromatic heterocycles. The summed E-state index contributed by atoms with van der Waals surface area (Å²) < 4.78 is 32.5. The summed E-state index contributed by atoms with van der Waals surface area (Å²) in [6, 6.07) is 7.32. The summed E-state index contributed by atoms with van der Waals surface area (Å²) in [5.41, 5.74) is 0.804. The van der Waals surface area contributed by atoms with E-state index in [0.29, 0.717) is 0 Å². The zero-order valence-corrected chi connectivity index (χ0v) is 23.4. The van der Waals surface area contributed by atoms with Gasteiger partial charge in [-0.1, -0.05) is 53.1 Å². The Morgan fingerprint density at radius 1 is 1.03 bits per heavy atom. The SMILES string of the molecule is CCOC(=O)c1ccc(Cl)c(S(=O)(=O)NC(=O)CSc2cc(C(C)(C)C)c(O)c(C(C)(C)C)c2)c1. The van der Waals surface area contributed by atoms with Crippen molar-refractivity contribution in [3.8, 4) is 5.75 Å². The van der Waals surface area contributed by atoms with E-state index in [1.807, 2.05) is 58.4 Å². The molecule has 0 aliphatic carbocycles. The van der Waals surface area contributed by atoms with Crippen molar-refractivity contribution in [2.75, 3.05) is 12.4 Å². The van der Waals surface area contributed by atoms with E-state index in [1.165, 1.54) is 12.1 Å². The van der Waals surface area contributed by atoms with Gasteiger partial charge in [0.1, 0.15) is 10.6 Å². The van der Waals surface area contributed by atoms with Gasteiger partial charge in [0.05, 0.1) is 22.9 Å². The number of nitrogens with one attached hydrogen (secondary N) is 1. The third-order valence-electron chi connectivity index (χ3n) is 5.05. The second kappa shape index (κ2) is 10.8. The van der Waals surface area contributed by atoms with Crippen molar-refractivity contribution in [2.45, 2.75) is 69.1 Å². The van der Waals surface area contributed by atoms with E-state index in [4.69, 9.17) is 16.3 Å². The molecule has 7 nitrogen and oxygen atoms in total. The van der Waals surface area contributed by atoms with Crippen LogP contribution in [0.15, 0.2) is 40.1 Å². The number of hydrogen-bond donors (Lipinski definition) is 2. The number of sulfonamides is 1. The first kappa shape index (κ1) is 29.0. The van der Waals surface area contributed by atoms with E-state index in [2.05, 4.69) is 0 Å². The van der Waals surface area contributed by atoms with Gasteiger partial charge in [0.15, 0.2) is 0 Å². The summed E-state index contributed by atoms with van der Waals surface area (Å²) in [6.45, 7) is 13.7. The van der Waals surface area contributed by atoms with Crippen LogP contribution in [0, 0.1) is 0 Å². The number of thioether (sulfide) groups is 1. The number of hydrogen-bond acceptors (Lipinski definition) is 7. The van der Waals surface area contributed by atoms with Crippen molar-refractivity contribution >= 4 is 45.3 Å². The van der Waals surface area contributed by atoms with Crippen LogP contribution in [-0.2, 0) is 30.4 Å². The molecule has 0 saturated carbocycles. The molecule has 0 unspecified atom stereocenters. The van der Waals surface area contributed by atoms with Crippen LogP contribution in [0.4, 0.5) is 0 Å². The predicted molar refractivity (Wildman–Crippen MR) is 139 cm³/mol. The van der Waals surface area contributed by atoms with Gasteiger partial charge in [-0.15, -0.1) is 11.8 Å². The molecule has 0 aliphatic rings. The largest absolute Gasteiger partial charge is 0.507 e. The van der Waals surface area contributed by atoms with Crippen molar-refractivity contribution in [3.63, 3.8) is 0 Å². The van der Waals surface area contributed by atoms with Gasteiger partial charge >= 0.3 is 5.97 Å². The fourth-order valence-electron chi connectivity index (χ4n) is 3.27. The minimum atomic E-state index is -4.33. The number of amides is 1. The van der Waals surface area contributed by atoms with Gasteiger partial charge in [0, 0.05) is 16.0 Å². The Morgan fingerprint density at radius 2 is 1.57 bits per heavy atom. The molecule has 1 amide bonds. The second-order valence-corrected chi connectivity index (χ2v) is 13.2. The number of carbonyl (C=O) groups excluding carboxylic acids is 2. The topological polar surface area (TPSA) is 110 Å². The summed E-state index contributed by atoms with van der Waals surface area (Å²) in [5, 5.41) is 10.7.